The van der Waals surface area contributed by atoms with Crippen LogP contribution in [0.25, 0.3) is 11.3 Å². The zero-order chi connectivity index (χ0) is 16.4. The van der Waals surface area contributed by atoms with E-state index in [-0.39, 0.29) is 11.9 Å². The van der Waals surface area contributed by atoms with Crippen molar-refractivity contribution < 1.29 is 8.78 Å². The molecule has 1 aliphatic rings. The average Bonchev–Trinajstić information content (AvgIpc) is 2.47. The third-order valence-corrected chi connectivity index (χ3v) is 4.04. The van der Waals surface area contributed by atoms with E-state index in [1.165, 1.54) is 12.1 Å². The van der Waals surface area contributed by atoms with Gasteiger partial charge < -0.3 is 10.2 Å². The van der Waals surface area contributed by atoms with Crippen LogP contribution in [0, 0.1) is 12.7 Å². The van der Waals surface area contributed by atoms with E-state index in [0.717, 1.165) is 23.4 Å². The molecule has 2 heterocycles. The molecule has 1 fully saturated rings. The molecule has 3 rings (SSSR count). The second-order valence-corrected chi connectivity index (χ2v) is 6.16. The fourth-order valence-electron chi connectivity index (χ4n) is 3.01. The van der Waals surface area contributed by atoms with Gasteiger partial charge in [0.05, 0.1) is 5.69 Å². The van der Waals surface area contributed by atoms with Gasteiger partial charge in [-0.1, -0.05) is 0 Å². The van der Waals surface area contributed by atoms with Crippen molar-refractivity contribution in [3.05, 3.63) is 41.7 Å². The van der Waals surface area contributed by atoms with Crippen molar-refractivity contribution in [3.8, 4) is 11.3 Å². The highest BCUT2D eigenvalue weighted by Crippen LogP contribution is 2.23. The largest absolute Gasteiger partial charge is 0.364 e. The first-order chi connectivity index (χ1) is 11.0. The molecule has 1 aliphatic heterocycles. The van der Waals surface area contributed by atoms with E-state index in [9.17, 15) is 8.78 Å². The van der Waals surface area contributed by atoms with E-state index in [0.29, 0.717) is 18.8 Å². The molecule has 0 unspecified atom stereocenters. The van der Waals surface area contributed by atoms with Crippen molar-refractivity contribution in [2.45, 2.75) is 25.6 Å². The number of likely N-dealkylation sites (tertiary alicyclic amines) is 1. The molecular weight excluding hydrogens is 298 g/mol. The third kappa shape index (κ3) is 3.82. The number of nitrogens with one attached hydrogen (secondary N) is 1. The summed E-state index contributed by atoms with van der Waals surface area (Å²) >= 11 is 0. The molecule has 0 aliphatic carbocycles. The van der Waals surface area contributed by atoms with E-state index >= 15 is 0 Å². The van der Waals surface area contributed by atoms with Crippen LogP contribution in [0.4, 0.5) is 14.6 Å². The van der Waals surface area contributed by atoms with E-state index in [4.69, 9.17) is 0 Å². The fraction of sp³-hybridized carbons (Fsp3) is 0.412. The lowest BCUT2D eigenvalue weighted by atomic mass is 10.0. The van der Waals surface area contributed by atoms with Crippen LogP contribution in [0.5, 0.6) is 0 Å². The van der Waals surface area contributed by atoms with Crippen LogP contribution in [0.1, 0.15) is 12.0 Å². The number of piperidine rings is 1. The van der Waals surface area contributed by atoms with Crippen LogP contribution < -0.4 is 5.32 Å². The molecule has 6 heteroatoms. The molecular formula is C17H20F2N4. The first-order valence-corrected chi connectivity index (χ1v) is 7.70. The second kappa shape index (κ2) is 6.58. The van der Waals surface area contributed by atoms with Gasteiger partial charge in [-0.15, -0.1) is 10.2 Å². The van der Waals surface area contributed by atoms with Gasteiger partial charge >= 0.3 is 0 Å². The minimum Gasteiger partial charge on any atom is -0.364 e. The smallest absolute Gasteiger partial charge is 0.149 e. The molecule has 0 spiro atoms. The van der Waals surface area contributed by atoms with Gasteiger partial charge in [-0.2, -0.15) is 0 Å². The number of anilines is 1. The van der Waals surface area contributed by atoms with Crippen molar-refractivity contribution in [3.63, 3.8) is 0 Å². The lowest BCUT2D eigenvalue weighted by Gasteiger charge is -2.32. The van der Waals surface area contributed by atoms with Crippen molar-refractivity contribution in [1.29, 1.82) is 0 Å². The van der Waals surface area contributed by atoms with Gasteiger partial charge in [0, 0.05) is 31.1 Å². The minimum absolute atomic E-state index is 0.0223. The molecule has 1 aromatic carbocycles. The van der Waals surface area contributed by atoms with Crippen LogP contribution in [0.2, 0.25) is 0 Å². The number of aryl methyl sites for hydroxylation is 1. The van der Waals surface area contributed by atoms with Crippen molar-refractivity contribution in [2.75, 3.05) is 25.5 Å². The summed E-state index contributed by atoms with van der Waals surface area (Å²) < 4.78 is 26.6. The first-order valence-electron chi connectivity index (χ1n) is 7.70. The first kappa shape index (κ1) is 15.8. The monoisotopic (exact) mass is 318 g/mol. The molecule has 122 valence electrons. The Hall–Kier alpha value is -2.08. The molecule has 0 amide bonds. The Kier molecular flexibility index (Phi) is 4.52. The summed E-state index contributed by atoms with van der Waals surface area (Å²) in [4.78, 5) is 1.97. The van der Waals surface area contributed by atoms with Gasteiger partial charge in [0.25, 0.3) is 0 Å². The number of alkyl halides is 1. The van der Waals surface area contributed by atoms with Crippen molar-refractivity contribution in [1.82, 2.24) is 15.1 Å². The normalized spacial score (nSPS) is 22.1. The van der Waals surface area contributed by atoms with Gasteiger partial charge in [0.15, 0.2) is 0 Å². The highest BCUT2D eigenvalue weighted by Gasteiger charge is 2.25. The second-order valence-electron chi connectivity index (χ2n) is 6.16. The highest BCUT2D eigenvalue weighted by molar-refractivity contribution is 5.63. The van der Waals surface area contributed by atoms with E-state index in [1.54, 1.807) is 12.1 Å². The summed E-state index contributed by atoms with van der Waals surface area (Å²) in [5, 5.41) is 11.7. The number of halogens is 2. The van der Waals surface area contributed by atoms with Gasteiger partial charge in [-0.3, -0.25) is 0 Å². The van der Waals surface area contributed by atoms with E-state index in [1.807, 2.05) is 24.9 Å². The lowest BCUT2D eigenvalue weighted by Crippen LogP contribution is -2.45. The number of nitrogens with zero attached hydrogens (tertiary/aromatic N) is 3. The molecule has 1 saturated heterocycles. The predicted molar refractivity (Wildman–Crippen MR) is 86.6 cm³/mol. The summed E-state index contributed by atoms with van der Waals surface area (Å²) in [6.07, 6.45) is -0.344. The van der Waals surface area contributed by atoms with Gasteiger partial charge in [-0.05, 0) is 49.9 Å². The standard InChI is InChI=1S/C17H20F2N4/c1-11-7-16(20-15-8-14(19)9-23(2)10-15)21-22-17(11)12-3-5-13(18)6-4-12/h3-7,14-15H,8-10H2,1-2H3,(H,20,21)/t14-,15+/m0/s1. The summed E-state index contributed by atoms with van der Waals surface area (Å²) in [6.45, 7) is 3.19. The predicted octanol–water partition coefficient (Wildman–Crippen LogP) is 3.05. The Labute approximate surface area is 134 Å². The number of hydrogen-bond donors (Lipinski definition) is 1. The maximum Gasteiger partial charge on any atom is 0.149 e. The number of benzene rings is 1. The molecule has 23 heavy (non-hydrogen) atoms. The molecule has 1 aromatic heterocycles. The maximum atomic E-state index is 13.6. The quantitative estimate of drug-likeness (QED) is 0.944. The van der Waals surface area contributed by atoms with Crippen LogP contribution in [0.15, 0.2) is 30.3 Å². The van der Waals surface area contributed by atoms with E-state index in [2.05, 4.69) is 15.5 Å². The molecule has 2 atom stereocenters. The maximum absolute atomic E-state index is 13.6. The number of hydrogen-bond acceptors (Lipinski definition) is 4. The van der Waals surface area contributed by atoms with Crippen LogP contribution in [-0.4, -0.2) is 47.4 Å². The van der Waals surface area contributed by atoms with Crippen molar-refractivity contribution in [2.24, 2.45) is 0 Å². The molecule has 0 radical (unpaired) electrons. The lowest BCUT2D eigenvalue weighted by molar-refractivity contribution is 0.153. The summed E-state index contributed by atoms with van der Waals surface area (Å²) in [7, 11) is 1.91. The van der Waals surface area contributed by atoms with Crippen molar-refractivity contribution >= 4 is 5.82 Å². The molecule has 4 nitrogen and oxygen atoms in total. The van der Waals surface area contributed by atoms with E-state index < -0.39 is 6.17 Å². The summed E-state index contributed by atoms with van der Waals surface area (Å²) in [5.74, 6) is 0.362. The molecule has 2 aromatic rings. The molecule has 0 bridgehead atoms. The van der Waals surface area contributed by atoms with Crippen LogP contribution in [0.3, 0.4) is 0 Å². The zero-order valence-electron chi connectivity index (χ0n) is 13.3. The van der Waals surface area contributed by atoms with Crippen LogP contribution in [-0.2, 0) is 0 Å². The SMILES string of the molecule is Cc1cc(N[C@@H]2C[C@H](F)CN(C)C2)nnc1-c1ccc(F)cc1. The Bertz CT molecular complexity index is 665. The Balaban J connectivity index is 1.75. The number of aromatic nitrogens is 2. The zero-order valence-corrected chi connectivity index (χ0v) is 13.3. The van der Waals surface area contributed by atoms with Gasteiger partial charge in [-0.25, -0.2) is 8.78 Å². The minimum atomic E-state index is -0.821. The van der Waals surface area contributed by atoms with Crippen LogP contribution >= 0.6 is 0 Å². The fourth-order valence-corrected chi connectivity index (χ4v) is 3.01. The topological polar surface area (TPSA) is 41.0 Å². The van der Waals surface area contributed by atoms with Gasteiger partial charge in [0.2, 0.25) is 0 Å². The molecule has 0 saturated carbocycles. The Morgan fingerprint density at radius 2 is 1.91 bits per heavy atom. The van der Waals surface area contributed by atoms with Gasteiger partial charge in [0.1, 0.15) is 17.8 Å². The number of likely N-dealkylation sites (N-methyl/N-ethyl adjacent to an activating group) is 1. The highest BCUT2D eigenvalue weighted by atomic mass is 19.1. The molecule has 1 N–H and O–H groups in total. The summed E-state index contributed by atoms with van der Waals surface area (Å²) in [6, 6.07) is 8.10. The average molecular weight is 318 g/mol. The third-order valence-electron chi connectivity index (χ3n) is 4.04. The Morgan fingerprint density at radius 3 is 2.57 bits per heavy atom. The number of rotatable bonds is 3. The Morgan fingerprint density at radius 1 is 1.17 bits per heavy atom. The summed E-state index contributed by atoms with van der Waals surface area (Å²) in [5.41, 5.74) is 2.49.